The Bertz CT molecular complexity index is 328. The fraction of sp³-hybridized carbons (Fsp3) is 0.455. The molecule has 0 saturated carbocycles. The van der Waals surface area contributed by atoms with E-state index < -0.39 is 0 Å². The Morgan fingerprint density at radius 1 is 1.12 bits per heavy atom. The van der Waals surface area contributed by atoms with Crippen LogP contribution < -0.4 is 10.6 Å². The zero-order valence-corrected chi connectivity index (χ0v) is 10.7. The number of nitrogens with two attached hydrogens (primary N) is 1. The van der Waals surface area contributed by atoms with E-state index in [0.717, 1.165) is 15.7 Å². The van der Waals surface area contributed by atoms with Gasteiger partial charge in [-0.1, -0.05) is 15.9 Å². The van der Waals surface area contributed by atoms with Crippen molar-refractivity contribution in [3.8, 4) is 0 Å². The van der Waals surface area contributed by atoms with Gasteiger partial charge >= 0.3 is 0 Å². The van der Waals surface area contributed by atoms with E-state index in [1.165, 1.54) is 0 Å². The monoisotopic (exact) mass is 288 g/mol. The van der Waals surface area contributed by atoms with E-state index in [1.54, 1.807) is 0 Å². The van der Waals surface area contributed by atoms with Gasteiger partial charge in [0.15, 0.2) is 0 Å². The summed E-state index contributed by atoms with van der Waals surface area (Å²) in [6.07, 6.45) is 0. The molecule has 5 heteroatoms. The SMILES string of the molecule is NCc1cc(Br)cc(N(CCO)CCO)c1. The van der Waals surface area contributed by atoms with Crippen LogP contribution in [0.4, 0.5) is 5.69 Å². The quantitative estimate of drug-likeness (QED) is 0.721. The predicted octanol–water partition coefficient (Wildman–Crippen LogP) is 0.699. The predicted molar refractivity (Wildman–Crippen MR) is 68.4 cm³/mol. The third kappa shape index (κ3) is 3.75. The summed E-state index contributed by atoms with van der Waals surface area (Å²) in [6, 6.07) is 5.88. The minimum atomic E-state index is 0.0600. The number of aliphatic hydroxyl groups excluding tert-OH is 2. The molecule has 0 saturated heterocycles. The molecule has 0 fully saturated rings. The van der Waals surface area contributed by atoms with Gasteiger partial charge in [0.1, 0.15) is 0 Å². The number of hydrogen-bond acceptors (Lipinski definition) is 4. The maximum absolute atomic E-state index is 8.96. The number of halogens is 1. The topological polar surface area (TPSA) is 69.7 Å². The number of hydrogen-bond donors (Lipinski definition) is 3. The van der Waals surface area contributed by atoms with Crippen LogP contribution in [-0.2, 0) is 6.54 Å². The number of nitrogens with zero attached hydrogens (tertiary/aromatic N) is 1. The fourth-order valence-electron chi connectivity index (χ4n) is 1.55. The molecule has 4 nitrogen and oxygen atoms in total. The Balaban J connectivity index is 2.93. The standard InChI is InChI=1S/C11H17BrN2O2/c12-10-5-9(8-13)6-11(7-10)14(1-3-15)2-4-16/h5-7,15-16H,1-4,8,13H2. The zero-order valence-electron chi connectivity index (χ0n) is 9.06. The highest BCUT2D eigenvalue weighted by Gasteiger charge is 2.07. The van der Waals surface area contributed by atoms with E-state index in [9.17, 15) is 0 Å². The van der Waals surface area contributed by atoms with Gasteiger partial charge in [-0.2, -0.15) is 0 Å². The first-order valence-corrected chi connectivity index (χ1v) is 5.96. The summed E-state index contributed by atoms with van der Waals surface area (Å²) >= 11 is 3.42. The second-order valence-corrected chi connectivity index (χ2v) is 4.37. The Morgan fingerprint density at radius 3 is 2.25 bits per heavy atom. The smallest absolute Gasteiger partial charge is 0.0606 e. The summed E-state index contributed by atoms with van der Waals surface area (Å²) in [5, 5.41) is 17.9. The van der Waals surface area contributed by atoms with Gasteiger partial charge in [0.2, 0.25) is 0 Å². The molecule has 0 aromatic heterocycles. The van der Waals surface area contributed by atoms with Gasteiger partial charge < -0.3 is 20.8 Å². The van der Waals surface area contributed by atoms with Crippen molar-refractivity contribution in [3.63, 3.8) is 0 Å². The highest BCUT2D eigenvalue weighted by Crippen LogP contribution is 2.22. The van der Waals surface area contributed by atoms with Gasteiger partial charge in [-0.05, 0) is 23.8 Å². The second-order valence-electron chi connectivity index (χ2n) is 3.46. The molecule has 1 aromatic carbocycles. The van der Waals surface area contributed by atoms with Crippen molar-refractivity contribution in [1.29, 1.82) is 0 Å². The third-order valence-electron chi connectivity index (χ3n) is 2.28. The van der Waals surface area contributed by atoms with Gasteiger partial charge in [-0.25, -0.2) is 0 Å². The lowest BCUT2D eigenvalue weighted by Crippen LogP contribution is -2.29. The first-order chi connectivity index (χ1) is 7.71. The normalized spacial score (nSPS) is 10.5. The van der Waals surface area contributed by atoms with Gasteiger partial charge in [-0.3, -0.25) is 0 Å². The van der Waals surface area contributed by atoms with Gasteiger partial charge in [0.25, 0.3) is 0 Å². The molecule has 1 aromatic rings. The van der Waals surface area contributed by atoms with Crippen LogP contribution in [0, 0.1) is 0 Å². The van der Waals surface area contributed by atoms with E-state index >= 15 is 0 Å². The summed E-state index contributed by atoms with van der Waals surface area (Å²) in [6.45, 7) is 1.59. The van der Waals surface area contributed by atoms with Crippen LogP contribution in [-0.4, -0.2) is 36.5 Å². The molecule has 0 atom stereocenters. The second kappa shape index (κ2) is 6.85. The van der Waals surface area contributed by atoms with Crippen LogP contribution in [0.2, 0.25) is 0 Å². The third-order valence-corrected chi connectivity index (χ3v) is 2.74. The lowest BCUT2D eigenvalue weighted by molar-refractivity contribution is 0.281. The minimum absolute atomic E-state index is 0.0600. The van der Waals surface area contributed by atoms with Crippen molar-refractivity contribution >= 4 is 21.6 Å². The zero-order chi connectivity index (χ0) is 12.0. The largest absolute Gasteiger partial charge is 0.395 e. The van der Waals surface area contributed by atoms with Crippen LogP contribution >= 0.6 is 15.9 Å². The summed E-state index contributed by atoms with van der Waals surface area (Å²) < 4.78 is 0.950. The highest BCUT2D eigenvalue weighted by atomic mass is 79.9. The van der Waals surface area contributed by atoms with Crippen molar-refractivity contribution in [1.82, 2.24) is 0 Å². The average molecular weight is 289 g/mol. The first kappa shape index (κ1) is 13.4. The lowest BCUT2D eigenvalue weighted by atomic mass is 10.2. The van der Waals surface area contributed by atoms with Crippen LogP contribution in [0.1, 0.15) is 5.56 Å². The molecule has 0 bridgehead atoms. The maximum Gasteiger partial charge on any atom is 0.0606 e. The minimum Gasteiger partial charge on any atom is -0.395 e. The van der Waals surface area contributed by atoms with E-state index in [0.29, 0.717) is 19.6 Å². The van der Waals surface area contributed by atoms with E-state index in [-0.39, 0.29) is 13.2 Å². The van der Waals surface area contributed by atoms with Crippen LogP contribution in [0.5, 0.6) is 0 Å². The number of rotatable bonds is 6. The Labute approximate surface area is 104 Å². The van der Waals surface area contributed by atoms with Crippen LogP contribution in [0.15, 0.2) is 22.7 Å². The maximum atomic E-state index is 8.96. The molecule has 0 aliphatic heterocycles. The molecule has 16 heavy (non-hydrogen) atoms. The molecule has 0 unspecified atom stereocenters. The summed E-state index contributed by atoms with van der Waals surface area (Å²) in [5.74, 6) is 0. The molecule has 0 aliphatic carbocycles. The van der Waals surface area contributed by atoms with Crippen molar-refractivity contribution in [2.24, 2.45) is 5.73 Å². The van der Waals surface area contributed by atoms with E-state index in [2.05, 4.69) is 15.9 Å². The van der Waals surface area contributed by atoms with Gasteiger partial charge in [0.05, 0.1) is 13.2 Å². The summed E-state index contributed by atoms with van der Waals surface area (Å²) in [5.41, 5.74) is 7.57. The first-order valence-electron chi connectivity index (χ1n) is 5.17. The molecule has 4 N–H and O–H groups in total. The molecule has 1 rings (SSSR count). The van der Waals surface area contributed by atoms with Crippen LogP contribution in [0.3, 0.4) is 0 Å². The van der Waals surface area contributed by atoms with E-state index in [1.807, 2.05) is 23.1 Å². The van der Waals surface area contributed by atoms with Gasteiger partial charge in [0, 0.05) is 29.8 Å². The number of anilines is 1. The Hall–Kier alpha value is -0.620. The highest BCUT2D eigenvalue weighted by molar-refractivity contribution is 9.10. The van der Waals surface area contributed by atoms with E-state index in [4.69, 9.17) is 15.9 Å². The molecule has 90 valence electrons. The lowest BCUT2D eigenvalue weighted by Gasteiger charge is -2.23. The van der Waals surface area contributed by atoms with Gasteiger partial charge in [-0.15, -0.1) is 0 Å². The molecule has 0 radical (unpaired) electrons. The molecule has 0 aliphatic rings. The van der Waals surface area contributed by atoms with Crippen LogP contribution in [0.25, 0.3) is 0 Å². The summed E-state index contributed by atoms with van der Waals surface area (Å²) in [4.78, 5) is 1.92. The van der Waals surface area contributed by atoms with Crippen molar-refractivity contribution in [3.05, 3.63) is 28.2 Å². The summed E-state index contributed by atoms with van der Waals surface area (Å²) in [7, 11) is 0. The average Bonchev–Trinajstić information content (AvgIpc) is 2.28. The fourth-order valence-corrected chi connectivity index (χ4v) is 2.07. The van der Waals surface area contributed by atoms with Crippen molar-refractivity contribution in [2.45, 2.75) is 6.54 Å². The van der Waals surface area contributed by atoms with Crippen molar-refractivity contribution in [2.75, 3.05) is 31.2 Å². The Kier molecular flexibility index (Phi) is 5.76. The molecule has 0 spiro atoms. The molecular weight excluding hydrogens is 272 g/mol. The molecule has 0 heterocycles. The molecular formula is C11H17BrN2O2. The number of benzene rings is 1. The van der Waals surface area contributed by atoms with Crippen molar-refractivity contribution < 1.29 is 10.2 Å². The Morgan fingerprint density at radius 2 is 1.75 bits per heavy atom. The number of aliphatic hydroxyl groups is 2. The molecule has 0 amide bonds.